The normalized spacial score (nSPS) is 12.1. The Bertz CT molecular complexity index is 501. The van der Waals surface area contributed by atoms with Crippen LogP contribution in [0.5, 0.6) is 5.88 Å². The molecule has 0 aromatic carbocycles. The maximum Gasteiger partial charge on any atom is 0.238 e. The van der Waals surface area contributed by atoms with E-state index in [9.17, 15) is 0 Å². The number of aromatic nitrogens is 2. The third-order valence-electron chi connectivity index (χ3n) is 2.56. The van der Waals surface area contributed by atoms with E-state index < -0.39 is 0 Å². The number of hydrogen-bond acceptors (Lipinski definition) is 6. The first kappa shape index (κ1) is 12.6. The highest BCUT2D eigenvalue weighted by atomic mass is 32.1. The lowest BCUT2D eigenvalue weighted by atomic mass is 10.2. The van der Waals surface area contributed by atoms with Crippen molar-refractivity contribution in [3.05, 3.63) is 28.7 Å². The van der Waals surface area contributed by atoms with Crippen LogP contribution in [-0.2, 0) is 0 Å². The summed E-state index contributed by atoms with van der Waals surface area (Å²) in [6, 6.07) is 3.78. The van der Waals surface area contributed by atoms with Crippen molar-refractivity contribution in [2.45, 2.75) is 19.4 Å². The summed E-state index contributed by atoms with van der Waals surface area (Å²) in [6.45, 7) is 2.10. The Labute approximate surface area is 110 Å². The zero-order chi connectivity index (χ0) is 13.0. The van der Waals surface area contributed by atoms with Crippen molar-refractivity contribution in [2.24, 2.45) is 0 Å². The lowest BCUT2D eigenvalue weighted by Gasteiger charge is -2.15. The van der Waals surface area contributed by atoms with Gasteiger partial charge in [-0.15, -0.1) is 11.3 Å². The van der Waals surface area contributed by atoms with E-state index in [2.05, 4.69) is 22.2 Å². The van der Waals surface area contributed by atoms with Gasteiger partial charge in [0.2, 0.25) is 5.88 Å². The quantitative estimate of drug-likeness (QED) is 0.868. The van der Waals surface area contributed by atoms with E-state index in [-0.39, 0.29) is 6.04 Å². The molecule has 18 heavy (non-hydrogen) atoms. The predicted molar refractivity (Wildman–Crippen MR) is 74.0 cm³/mol. The second-order valence-corrected chi connectivity index (χ2v) is 4.70. The fourth-order valence-corrected chi connectivity index (χ4v) is 2.39. The molecule has 0 aliphatic carbocycles. The molecule has 1 atom stereocenters. The number of nitrogens with zero attached hydrogens (tertiary/aromatic N) is 2. The van der Waals surface area contributed by atoms with Gasteiger partial charge in [-0.3, -0.25) is 0 Å². The fourth-order valence-electron chi connectivity index (χ4n) is 1.62. The topological polar surface area (TPSA) is 73.1 Å². The van der Waals surface area contributed by atoms with Crippen LogP contribution in [0, 0.1) is 0 Å². The zero-order valence-electron chi connectivity index (χ0n) is 10.4. The first-order valence-corrected chi connectivity index (χ1v) is 6.59. The molecule has 2 aromatic heterocycles. The summed E-state index contributed by atoms with van der Waals surface area (Å²) in [7, 11) is 1.56. The minimum atomic E-state index is 0.158. The summed E-state index contributed by atoms with van der Waals surface area (Å²) in [5, 5.41) is 6.35. The summed E-state index contributed by atoms with van der Waals surface area (Å²) < 4.78 is 5.10. The van der Waals surface area contributed by atoms with Crippen LogP contribution in [0.3, 0.4) is 0 Å². The molecule has 2 heterocycles. The average molecular weight is 264 g/mol. The average Bonchev–Trinajstić information content (AvgIpc) is 2.91. The van der Waals surface area contributed by atoms with Crippen molar-refractivity contribution in [3.63, 3.8) is 0 Å². The standard InChI is InChI=1S/C12H16N4OS/c1-3-9(12-14-6-7-18-12)15-10-5-4-8(13)11(16-10)17-2/h4-7,9H,3,13H2,1-2H3,(H,15,16). The molecule has 2 aromatic rings. The number of methoxy groups -OCH3 is 1. The summed E-state index contributed by atoms with van der Waals surface area (Å²) in [5.41, 5.74) is 6.27. The Kier molecular flexibility index (Phi) is 3.99. The molecular weight excluding hydrogens is 248 g/mol. The smallest absolute Gasteiger partial charge is 0.238 e. The molecule has 5 nitrogen and oxygen atoms in total. The Hall–Kier alpha value is -1.82. The monoisotopic (exact) mass is 264 g/mol. The second-order valence-electron chi connectivity index (χ2n) is 3.77. The number of thiazole rings is 1. The molecule has 0 saturated carbocycles. The highest BCUT2D eigenvalue weighted by Gasteiger charge is 2.13. The van der Waals surface area contributed by atoms with Crippen LogP contribution in [0.25, 0.3) is 0 Å². The van der Waals surface area contributed by atoms with E-state index in [1.807, 2.05) is 11.4 Å². The van der Waals surface area contributed by atoms with Gasteiger partial charge in [0.15, 0.2) is 0 Å². The molecule has 0 radical (unpaired) electrons. The van der Waals surface area contributed by atoms with Gasteiger partial charge < -0.3 is 15.8 Å². The zero-order valence-corrected chi connectivity index (χ0v) is 11.2. The number of pyridine rings is 1. The largest absolute Gasteiger partial charge is 0.479 e. The number of rotatable bonds is 5. The lowest BCUT2D eigenvalue weighted by Crippen LogP contribution is -2.11. The molecule has 0 saturated heterocycles. The van der Waals surface area contributed by atoms with Gasteiger partial charge in [0.1, 0.15) is 10.8 Å². The molecule has 96 valence electrons. The molecule has 0 fully saturated rings. The molecule has 0 spiro atoms. The molecule has 0 aliphatic rings. The van der Waals surface area contributed by atoms with E-state index in [0.29, 0.717) is 11.6 Å². The van der Waals surface area contributed by atoms with E-state index >= 15 is 0 Å². The van der Waals surface area contributed by atoms with Crippen molar-refractivity contribution in [1.82, 2.24) is 9.97 Å². The SMILES string of the molecule is CCC(Nc1ccc(N)c(OC)n1)c1nccs1. The van der Waals surface area contributed by atoms with E-state index in [1.54, 1.807) is 30.7 Å². The Morgan fingerprint density at radius 3 is 2.94 bits per heavy atom. The van der Waals surface area contributed by atoms with Crippen LogP contribution in [0.15, 0.2) is 23.7 Å². The van der Waals surface area contributed by atoms with E-state index in [1.165, 1.54) is 0 Å². The van der Waals surface area contributed by atoms with Gasteiger partial charge in [-0.05, 0) is 18.6 Å². The number of hydrogen-bond donors (Lipinski definition) is 2. The second kappa shape index (κ2) is 5.68. The summed E-state index contributed by atoms with van der Waals surface area (Å²) in [6.07, 6.45) is 2.74. The molecule has 6 heteroatoms. The van der Waals surface area contributed by atoms with Crippen molar-refractivity contribution in [2.75, 3.05) is 18.2 Å². The number of nitrogens with two attached hydrogens (primary N) is 1. The summed E-state index contributed by atoms with van der Waals surface area (Å²) in [5.74, 6) is 1.18. The van der Waals surface area contributed by atoms with Crippen molar-refractivity contribution < 1.29 is 4.74 Å². The number of nitrogens with one attached hydrogen (secondary N) is 1. The molecular formula is C12H16N4OS. The fraction of sp³-hybridized carbons (Fsp3) is 0.333. The molecule has 0 amide bonds. The predicted octanol–water partition coefficient (Wildman–Crippen LogP) is 2.69. The van der Waals surface area contributed by atoms with Gasteiger partial charge in [0.25, 0.3) is 0 Å². The van der Waals surface area contributed by atoms with Gasteiger partial charge in [-0.1, -0.05) is 6.92 Å². The molecule has 0 aliphatic heterocycles. The van der Waals surface area contributed by atoms with Gasteiger partial charge >= 0.3 is 0 Å². The minimum absolute atomic E-state index is 0.158. The van der Waals surface area contributed by atoms with Crippen molar-refractivity contribution in [3.8, 4) is 5.88 Å². The molecule has 3 N–H and O–H groups in total. The van der Waals surface area contributed by atoms with Gasteiger partial charge in [0, 0.05) is 11.6 Å². The molecule has 0 bridgehead atoms. The first-order chi connectivity index (χ1) is 8.74. The van der Waals surface area contributed by atoms with Crippen LogP contribution in [0.1, 0.15) is 24.4 Å². The van der Waals surface area contributed by atoms with E-state index in [0.717, 1.165) is 17.2 Å². The Morgan fingerprint density at radius 1 is 1.50 bits per heavy atom. The summed E-state index contributed by atoms with van der Waals surface area (Å²) >= 11 is 1.63. The third-order valence-corrected chi connectivity index (χ3v) is 3.45. The van der Waals surface area contributed by atoms with Crippen LogP contribution in [0.2, 0.25) is 0 Å². The Balaban J connectivity index is 2.17. The van der Waals surface area contributed by atoms with Gasteiger partial charge in [-0.25, -0.2) is 4.98 Å². The van der Waals surface area contributed by atoms with Crippen LogP contribution >= 0.6 is 11.3 Å². The Morgan fingerprint density at radius 2 is 2.33 bits per heavy atom. The van der Waals surface area contributed by atoms with Gasteiger partial charge in [-0.2, -0.15) is 4.98 Å². The first-order valence-electron chi connectivity index (χ1n) is 5.71. The molecule has 2 rings (SSSR count). The van der Waals surface area contributed by atoms with Crippen LogP contribution < -0.4 is 15.8 Å². The molecule has 1 unspecified atom stereocenters. The van der Waals surface area contributed by atoms with Crippen LogP contribution in [-0.4, -0.2) is 17.1 Å². The number of anilines is 2. The lowest BCUT2D eigenvalue weighted by molar-refractivity contribution is 0.400. The van der Waals surface area contributed by atoms with Crippen molar-refractivity contribution in [1.29, 1.82) is 0 Å². The third kappa shape index (κ3) is 2.70. The highest BCUT2D eigenvalue weighted by molar-refractivity contribution is 7.09. The maximum absolute atomic E-state index is 5.73. The minimum Gasteiger partial charge on any atom is -0.479 e. The number of ether oxygens (including phenoxy) is 1. The van der Waals surface area contributed by atoms with Crippen LogP contribution in [0.4, 0.5) is 11.5 Å². The highest BCUT2D eigenvalue weighted by Crippen LogP contribution is 2.26. The number of nitrogen functional groups attached to an aromatic ring is 1. The summed E-state index contributed by atoms with van der Waals surface area (Å²) in [4.78, 5) is 8.62. The van der Waals surface area contributed by atoms with Gasteiger partial charge in [0.05, 0.1) is 18.8 Å². The maximum atomic E-state index is 5.73. The van der Waals surface area contributed by atoms with E-state index in [4.69, 9.17) is 10.5 Å². The van der Waals surface area contributed by atoms with Crippen molar-refractivity contribution >= 4 is 22.8 Å².